The van der Waals surface area contributed by atoms with E-state index in [0.717, 1.165) is 6.42 Å². The minimum Gasteiger partial charge on any atom is -0.467 e. The standard InChI is InChI=1S/C16H24ClNO4/c1-10(8-17)7-16(13(19)21-5)12-6-11(12)9-18(16)14(20)22-15(2,3)4/h11-12H,1,6-9H2,2-5H3/t11-,12-,16-/m1/s1. The van der Waals surface area contributed by atoms with Gasteiger partial charge in [0.1, 0.15) is 5.60 Å². The molecule has 1 saturated heterocycles. The first kappa shape index (κ1) is 17.1. The van der Waals surface area contributed by atoms with Crippen molar-refractivity contribution in [1.82, 2.24) is 4.90 Å². The van der Waals surface area contributed by atoms with Gasteiger partial charge in [-0.05, 0) is 39.0 Å². The second kappa shape index (κ2) is 5.76. The first-order chi connectivity index (χ1) is 10.2. The van der Waals surface area contributed by atoms with E-state index in [1.165, 1.54) is 12.0 Å². The summed E-state index contributed by atoms with van der Waals surface area (Å²) in [5.41, 5.74) is -0.920. The Labute approximate surface area is 136 Å². The number of nitrogens with zero attached hydrogens (tertiary/aromatic N) is 1. The lowest BCUT2D eigenvalue weighted by molar-refractivity contribution is -0.154. The van der Waals surface area contributed by atoms with Crippen LogP contribution in [0.5, 0.6) is 0 Å². The van der Waals surface area contributed by atoms with Crippen molar-refractivity contribution in [2.24, 2.45) is 11.8 Å². The molecule has 0 bridgehead atoms. The number of halogens is 1. The van der Waals surface area contributed by atoms with Crippen molar-refractivity contribution in [1.29, 1.82) is 0 Å². The summed E-state index contributed by atoms with van der Waals surface area (Å²) in [5, 5.41) is 0. The van der Waals surface area contributed by atoms with Crippen LogP contribution in [0.3, 0.4) is 0 Å². The molecule has 1 saturated carbocycles. The van der Waals surface area contributed by atoms with E-state index in [-0.39, 0.29) is 11.8 Å². The fourth-order valence-corrected chi connectivity index (χ4v) is 3.45. The molecule has 0 aromatic heterocycles. The van der Waals surface area contributed by atoms with Crippen LogP contribution in [0.2, 0.25) is 0 Å². The van der Waals surface area contributed by atoms with Gasteiger partial charge in [0.15, 0.2) is 5.54 Å². The van der Waals surface area contributed by atoms with E-state index >= 15 is 0 Å². The van der Waals surface area contributed by atoms with Gasteiger partial charge >= 0.3 is 12.1 Å². The summed E-state index contributed by atoms with van der Waals surface area (Å²) in [4.78, 5) is 26.6. The van der Waals surface area contributed by atoms with Crippen LogP contribution in [0.4, 0.5) is 4.79 Å². The fourth-order valence-electron chi connectivity index (χ4n) is 3.35. The Balaban J connectivity index is 2.33. The molecular formula is C16H24ClNO4. The van der Waals surface area contributed by atoms with Crippen LogP contribution in [-0.4, -0.2) is 47.6 Å². The van der Waals surface area contributed by atoms with E-state index in [1.54, 1.807) is 20.8 Å². The van der Waals surface area contributed by atoms with E-state index in [1.807, 2.05) is 0 Å². The third-order valence-corrected chi connectivity index (χ3v) is 4.67. The van der Waals surface area contributed by atoms with Crippen LogP contribution in [0.25, 0.3) is 0 Å². The van der Waals surface area contributed by atoms with E-state index < -0.39 is 23.2 Å². The molecule has 0 radical (unpaired) electrons. The molecule has 3 atom stereocenters. The zero-order valence-electron chi connectivity index (χ0n) is 13.6. The highest BCUT2D eigenvalue weighted by Crippen LogP contribution is 2.58. The third kappa shape index (κ3) is 2.96. The number of likely N-dealkylation sites (tertiary alicyclic amines) is 1. The average Bonchev–Trinajstić information content (AvgIpc) is 3.13. The molecule has 0 N–H and O–H groups in total. The molecule has 6 heteroatoms. The van der Waals surface area contributed by atoms with Crippen molar-refractivity contribution >= 4 is 23.7 Å². The SMILES string of the molecule is C=C(CCl)C[C@]1(C(=O)OC)[C@@H]2C[C@@H]2CN1C(=O)OC(C)(C)C. The number of piperidine rings is 1. The first-order valence-electron chi connectivity index (χ1n) is 7.47. The number of amides is 1. The van der Waals surface area contributed by atoms with E-state index in [0.29, 0.717) is 24.5 Å². The molecule has 0 aromatic rings. The minimum absolute atomic E-state index is 0.104. The molecule has 0 aromatic carbocycles. The summed E-state index contributed by atoms with van der Waals surface area (Å²) in [6.45, 7) is 9.83. The number of esters is 1. The monoisotopic (exact) mass is 329 g/mol. The topological polar surface area (TPSA) is 55.8 Å². The highest BCUT2D eigenvalue weighted by molar-refractivity contribution is 6.19. The van der Waals surface area contributed by atoms with Gasteiger partial charge < -0.3 is 9.47 Å². The Bertz CT molecular complexity index is 499. The molecular weight excluding hydrogens is 306 g/mol. The third-order valence-electron chi connectivity index (χ3n) is 4.30. The summed E-state index contributed by atoms with van der Waals surface area (Å²) in [6, 6.07) is 0. The van der Waals surface area contributed by atoms with E-state index in [9.17, 15) is 9.59 Å². The number of methoxy groups -OCH3 is 1. The second-order valence-electron chi connectivity index (χ2n) is 7.17. The molecule has 5 nitrogen and oxygen atoms in total. The number of hydrogen-bond acceptors (Lipinski definition) is 4. The molecule has 0 unspecified atom stereocenters. The predicted molar refractivity (Wildman–Crippen MR) is 83.8 cm³/mol. The number of carbonyl (C=O) groups is 2. The minimum atomic E-state index is -1.02. The maximum absolute atomic E-state index is 12.6. The maximum atomic E-state index is 12.6. The highest BCUT2D eigenvalue weighted by Gasteiger charge is 2.68. The Hall–Kier alpha value is -1.23. The molecule has 124 valence electrons. The summed E-state index contributed by atoms with van der Waals surface area (Å²) >= 11 is 5.85. The predicted octanol–water partition coefficient (Wildman–Crippen LogP) is 2.97. The van der Waals surface area contributed by atoms with Gasteiger partial charge in [0.05, 0.1) is 7.11 Å². The largest absolute Gasteiger partial charge is 0.467 e. The van der Waals surface area contributed by atoms with E-state index in [4.69, 9.17) is 21.1 Å². The maximum Gasteiger partial charge on any atom is 0.411 e. The second-order valence-corrected chi connectivity index (χ2v) is 7.44. The van der Waals surface area contributed by atoms with Crippen LogP contribution in [-0.2, 0) is 14.3 Å². The number of carbonyl (C=O) groups excluding carboxylic acids is 2. The van der Waals surface area contributed by atoms with Gasteiger partial charge in [0.25, 0.3) is 0 Å². The Morgan fingerprint density at radius 2 is 2.05 bits per heavy atom. The van der Waals surface area contributed by atoms with Gasteiger partial charge in [-0.25, -0.2) is 9.59 Å². The molecule has 1 aliphatic heterocycles. The van der Waals surface area contributed by atoms with Crippen LogP contribution in [0.1, 0.15) is 33.6 Å². The lowest BCUT2D eigenvalue weighted by Gasteiger charge is -2.39. The van der Waals surface area contributed by atoms with Crippen molar-refractivity contribution in [3.63, 3.8) is 0 Å². The Kier molecular flexibility index (Phi) is 4.49. The van der Waals surface area contributed by atoms with Gasteiger partial charge in [-0.2, -0.15) is 0 Å². The molecule has 1 amide bonds. The molecule has 2 aliphatic rings. The summed E-state index contributed by atoms with van der Waals surface area (Å²) in [5.74, 6) is 0.273. The number of alkyl halides is 1. The average molecular weight is 330 g/mol. The lowest BCUT2D eigenvalue weighted by atomic mass is 9.86. The van der Waals surface area contributed by atoms with Crippen molar-refractivity contribution < 1.29 is 19.1 Å². The summed E-state index contributed by atoms with van der Waals surface area (Å²) in [7, 11) is 1.34. The summed E-state index contributed by atoms with van der Waals surface area (Å²) in [6.07, 6.45) is 0.764. The smallest absolute Gasteiger partial charge is 0.411 e. The number of fused-ring (bicyclic) bond motifs is 1. The van der Waals surface area contributed by atoms with Crippen molar-refractivity contribution in [3.8, 4) is 0 Å². The van der Waals surface area contributed by atoms with E-state index in [2.05, 4.69) is 6.58 Å². The van der Waals surface area contributed by atoms with Crippen molar-refractivity contribution in [3.05, 3.63) is 12.2 Å². The van der Waals surface area contributed by atoms with Crippen LogP contribution < -0.4 is 0 Å². The van der Waals surface area contributed by atoms with Crippen LogP contribution in [0, 0.1) is 11.8 Å². The fraction of sp³-hybridized carbons (Fsp3) is 0.750. The number of hydrogen-bond donors (Lipinski definition) is 0. The van der Waals surface area contributed by atoms with Gasteiger partial charge in [-0.1, -0.05) is 12.2 Å². The Morgan fingerprint density at radius 3 is 2.55 bits per heavy atom. The van der Waals surface area contributed by atoms with Gasteiger partial charge in [-0.15, -0.1) is 11.6 Å². The highest BCUT2D eigenvalue weighted by atomic mass is 35.5. The summed E-state index contributed by atoms with van der Waals surface area (Å²) < 4.78 is 10.5. The van der Waals surface area contributed by atoms with Crippen LogP contribution in [0.15, 0.2) is 12.2 Å². The zero-order chi connectivity index (χ0) is 16.7. The first-order valence-corrected chi connectivity index (χ1v) is 8.01. The van der Waals surface area contributed by atoms with Gasteiger partial charge in [-0.3, -0.25) is 4.90 Å². The van der Waals surface area contributed by atoms with Crippen molar-refractivity contribution in [2.75, 3.05) is 19.5 Å². The molecule has 1 heterocycles. The number of rotatable bonds is 4. The Morgan fingerprint density at radius 1 is 1.41 bits per heavy atom. The molecule has 2 rings (SSSR count). The number of ether oxygens (including phenoxy) is 2. The van der Waals surface area contributed by atoms with Crippen LogP contribution >= 0.6 is 11.6 Å². The molecule has 22 heavy (non-hydrogen) atoms. The zero-order valence-corrected chi connectivity index (χ0v) is 14.4. The normalized spacial score (nSPS) is 29.8. The van der Waals surface area contributed by atoms with Gasteiger partial charge in [0, 0.05) is 18.8 Å². The quantitative estimate of drug-likeness (QED) is 0.452. The molecule has 1 aliphatic carbocycles. The van der Waals surface area contributed by atoms with Gasteiger partial charge in [0.2, 0.25) is 0 Å². The molecule has 2 fully saturated rings. The lowest BCUT2D eigenvalue weighted by Crippen LogP contribution is -2.57. The van der Waals surface area contributed by atoms with Crippen molar-refractivity contribution in [2.45, 2.75) is 44.8 Å². The molecule has 0 spiro atoms.